The highest BCUT2D eigenvalue weighted by atomic mass is 19.4. The molecule has 0 radical (unpaired) electrons. The lowest BCUT2D eigenvalue weighted by atomic mass is 10.0. The maximum absolute atomic E-state index is 13.3. The third-order valence-corrected chi connectivity index (χ3v) is 7.32. The minimum Gasteiger partial charge on any atom is -0.382 e. The zero-order chi connectivity index (χ0) is 28.2. The van der Waals surface area contributed by atoms with Crippen LogP contribution in [0.15, 0.2) is 42.5 Å². The molecule has 2 saturated heterocycles. The fourth-order valence-corrected chi connectivity index (χ4v) is 4.99. The Labute approximate surface area is 232 Å². The van der Waals surface area contributed by atoms with Gasteiger partial charge in [0.05, 0.1) is 4.92 Å². The average Bonchev–Trinajstić information content (AvgIpc) is 2.92. The monoisotopic (exact) mass is 563 g/mol. The molecule has 0 saturated carbocycles. The standard InChI is InChI=1S/C27H32F3N5O4.CH4/c1-19-2-4-20(5-3-19)26(37)34-16-14-32(15-17-34)11-10-25(36)33-12-8-21(9-13-33)31-22-6-7-24(35(38)39)23(18-22)27(28,29)30;/h2-7,18,21,31H,8-17H2,1H3;1H4. The van der Waals surface area contributed by atoms with Crippen LogP contribution >= 0.6 is 0 Å². The number of nitrogens with one attached hydrogen (secondary N) is 1. The Hall–Kier alpha value is -3.67. The molecule has 0 atom stereocenters. The van der Waals surface area contributed by atoms with Crippen LogP contribution in [-0.2, 0) is 11.0 Å². The van der Waals surface area contributed by atoms with E-state index < -0.39 is 22.4 Å². The largest absolute Gasteiger partial charge is 0.423 e. The number of benzene rings is 2. The van der Waals surface area contributed by atoms with Crippen molar-refractivity contribution in [2.24, 2.45) is 0 Å². The van der Waals surface area contributed by atoms with Gasteiger partial charge in [0, 0.05) is 75.6 Å². The Morgan fingerprint density at radius 3 is 2.17 bits per heavy atom. The molecular formula is C28H36F3N5O4. The maximum Gasteiger partial charge on any atom is 0.423 e. The van der Waals surface area contributed by atoms with Crippen molar-refractivity contribution in [3.05, 3.63) is 69.3 Å². The first-order valence-corrected chi connectivity index (χ1v) is 13.0. The smallest absolute Gasteiger partial charge is 0.382 e. The molecule has 2 fully saturated rings. The molecule has 2 aliphatic heterocycles. The van der Waals surface area contributed by atoms with Gasteiger partial charge < -0.3 is 15.1 Å². The summed E-state index contributed by atoms with van der Waals surface area (Å²) in [6, 6.07) is 10.3. The van der Waals surface area contributed by atoms with E-state index in [4.69, 9.17) is 0 Å². The summed E-state index contributed by atoms with van der Waals surface area (Å²) >= 11 is 0. The molecule has 0 aromatic heterocycles. The summed E-state index contributed by atoms with van der Waals surface area (Å²) in [7, 11) is 0. The molecule has 0 bridgehead atoms. The number of nitrogens with zero attached hydrogens (tertiary/aromatic N) is 4. The normalized spacial score (nSPS) is 16.8. The maximum atomic E-state index is 13.3. The molecule has 40 heavy (non-hydrogen) atoms. The van der Waals surface area contributed by atoms with Gasteiger partial charge in [-0.1, -0.05) is 25.1 Å². The predicted molar refractivity (Wildman–Crippen MR) is 146 cm³/mol. The van der Waals surface area contributed by atoms with Crippen LogP contribution < -0.4 is 5.32 Å². The van der Waals surface area contributed by atoms with Crippen LogP contribution in [0.2, 0.25) is 0 Å². The second kappa shape index (κ2) is 13.1. The number of hydrogen-bond donors (Lipinski definition) is 1. The third kappa shape index (κ3) is 7.71. The molecule has 4 rings (SSSR count). The summed E-state index contributed by atoms with van der Waals surface area (Å²) in [5, 5.41) is 14.0. The Morgan fingerprint density at radius 1 is 0.975 bits per heavy atom. The van der Waals surface area contributed by atoms with E-state index in [-0.39, 0.29) is 31.0 Å². The van der Waals surface area contributed by atoms with Gasteiger partial charge in [0.15, 0.2) is 0 Å². The van der Waals surface area contributed by atoms with Crippen LogP contribution in [0.1, 0.15) is 48.2 Å². The van der Waals surface area contributed by atoms with E-state index in [0.29, 0.717) is 70.6 Å². The second-order valence-corrected chi connectivity index (χ2v) is 10.0. The van der Waals surface area contributed by atoms with Gasteiger partial charge in [-0.2, -0.15) is 13.2 Å². The molecule has 12 heteroatoms. The van der Waals surface area contributed by atoms with Crippen LogP contribution in [0.25, 0.3) is 0 Å². The Bertz CT molecular complexity index is 1190. The number of aryl methyl sites for hydroxylation is 1. The number of piperidine rings is 1. The van der Waals surface area contributed by atoms with Crippen LogP contribution in [-0.4, -0.2) is 83.3 Å². The molecule has 0 aliphatic carbocycles. The summed E-state index contributed by atoms with van der Waals surface area (Å²) in [6.45, 7) is 6.16. The van der Waals surface area contributed by atoms with Crippen molar-refractivity contribution in [2.75, 3.05) is 51.1 Å². The average molecular weight is 564 g/mol. The van der Waals surface area contributed by atoms with Crippen LogP contribution in [0.3, 0.4) is 0 Å². The number of amides is 2. The van der Waals surface area contributed by atoms with Crippen molar-refractivity contribution in [3.63, 3.8) is 0 Å². The zero-order valence-corrected chi connectivity index (χ0v) is 21.7. The highest BCUT2D eigenvalue weighted by Gasteiger charge is 2.38. The molecule has 2 heterocycles. The predicted octanol–water partition coefficient (Wildman–Crippen LogP) is 4.81. The summed E-state index contributed by atoms with van der Waals surface area (Å²) < 4.78 is 39.8. The van der Waals surface area contributed by atoms with E-state index in [2.05, 4.69) is 10.2 Å². The Morgan fingerprint density at radius 2 is 1.60 bits per heavy atom. The third-order valence-electron chi connectivity index (χ3n) is 7.32. The summed E-state index contributed by atoms with van der Waals surface area (Å²) in [5.74, 6) is 0.0480. The van der Waals surface area contributed by atoms with E-state index in [1.165, 1.54) is 6.07 Å². The zero-order valence-electron chi connectivity index (χ0n) is 21.7. The van der Waals surface area contributed by atoms with Crippen molar-refractivity contribution in [1.82, 2.24) is 14.7 Å². The number of carbonyl (C=O) groups is 2. The first kappa shape index (κ1) is 30.9. The van der Waals surface area contributed by atoms with Crippen molar-refractivity contribution in [1.29, 1.82) is 0 Å². The van der Waals surface area contributed by atoms with Gasteiger partial charge in [-0.25, -0.2) is 0 Å². The second-order valence-electron chi connectivity index (χ2n) is 10.0. The quantitative estimate of drug-likeness (QED) is 0.384. The number of nitro benzene ring substituents is 1. The molecule has 9 nitrogen and oxygen atoms in total. The molecule has 2 amide bonds. The highest BCUT2D eigenvalue weighted by molar-refractivity contribution is 5.94. The van der Waals surface area contributed by atoms with E-state index in [1.54, 1.807) is 4.90 Å². The summed E-state index contributed by atoms with van der Waals surface area (Å²) in [4.78, 5) is 41.2. The number of rotatable bonds is 7. The van der Waals surface area contributed by atoms with Gasteiger partial charge in [0.2, 0.25) is 5.91 Å². The highest BCUT2D eigenvalue weighted by Crippen LogP contribution is 2.38. The van der Waals surface area contributed by atoms with Crippen LogP contribution in [0.4, 0.5) is 24.5 Å². The number of hydrogen-bond acceptors (Lipinski definition) is 6. The minimum absolute atomic E-state index is 0. The topological polar surface area (TPSA) is 99.0 Å². The van der Waals surface area contributed by atoms with Gasteiger partial charge in [0.25, 0.3) is 11.6 Å². The molecular weight excluding hydrogens is 527 g/mol. The first-order valence-electron chi connectivity index (χ1n) is 13.0. The first-order chi connectivity index (χ1) is 18.5. The molecule has 2 aliphatic rings. The summed E-state index contributed by atoms with van der Waals surface area (Å²) in [5.41, 5.74) is -0.321. The fourth-order valence-electron chi connectivity index (χ4n) is 4.99. The molecule has 0 spiro atoms. The lowest BCUT2D eigenvalue weighted by Gasteiger charge is -2.36. The number of alkyl halides is 3. The molecule has 1 N–H and O–H groups in total. The number of carbonyl (C=O) groups excluding carboxylic acids is 2. The lowest BCUT2D eigenvalue weighted by Crippen LogP contribution is -2.49. The number of halogens is 3. The molecule has 2 aromatic rings. The van der Waals surface area contributed by atoms with Gasteiger partial charge in [-0.05, 0) is 44.0 Å². The van der Waals surface area contributed by atoms with Gasteiger partial charge >= 0.3 is 6.18 Å². The lowest BCUT2D eigenvalue weighted by molar-refractivity contribution is -0.388. The van der Waals surface area contributed by atoms with Crippen molar-refractivity contribution in [2.45, 2.75) is 45.8 Å². The molecule has 218 valence electrons. The van der Waals surface area contributed by atoms with E-state index in [1.807, 2.05) is 36.1 Å². The Kier molecular flexibility index (Phi) is 10.1. The van der Waals surface area contributed by atoms with Gasteiger partial charge in [0.1, 0.15) is 5.56 Å². The van der Waals surface area contributed by atoms with Crippen molar-refractivity contribution in [3.8, 4) is 0 Å². The van der Waals surface area contributed by atoms with Gasteiger partial charge in [-0.15, -0.1) is 0 Å². The van der Waals surface area contributed by atoms with E-state index >= 15 is 0 Å². The number of anilines is 1. The fraction of sp³-hybridized carbons (Fsp3) is 0.500. The summed E-state index contributed by atoms with van der Waals surface area (Å²) in [6.07, 6.45) is -3.35. The SMILES string of the molecule is C.Cc1ccc(C(=O)N2CCN(CCC(=O)N3CCC(Nc4ccc([N+](=O)[O-])c(C(F)(F)F)c4)CC3)CC2)cc1. The molecule has 2 aromatic carbocycles. The van der Waals surface area contributed by atoms with E-state index in [9.17, 15) is 32.9 Å². The number of likely N-dealkylation sites (tertiary alicyclic amines) is 1. The van der Waals surface area contributed by atoms with Gasteiger partial charge in [-0.3, -0.25) is 24.6 Å². The number of piperazine rings is 1. The van der Waals surface area contributed by atoms with Crippen LogP contribution in [0, 0.1) is 17.0 Å². The molecule has 0 unspecified atom stereocenters. The van der Waals surface area contributed by atoms with Crippen molar-refractivity contribution < 1.29 is 27.7 Å². The number of nitro groups is 1. The van der Waals surface area contributed by atoms with Crippen LogP contribution in [0.5, 0.6) is 0 Å². The Balaban J connectivity index is 0.00000441. The van der Waals surface area contributed by atoms with Crippen molar-refractivity contribution >= 4 is 23.2 Å². The minimum atomic E-state index is -4.83. The van der Waals surface area contributed by atoms with E-state index in [0.717, 1.165) is 17.7 Å².